The van der Waals surface area contributed by atoms with Crippen LogP contribution in [0, 0.1) is 6.92 Å². The first-order chi connectivity index (χ1) is 10.1. The lowest BCUT2D eigenvalue weighted by Gasteiger charge is -2.29. The molecule has 21 heavy (non-hydrogen) atoms. The van der Waals surface area contributed by atoms with Crippen LogP contribution in [0.5, 0.6) is 0 Å². The van der Waals surface area contributed by atoms with Crippen LogP contribution in [0.3, 0.4) is 0 Å². The minimum atomic E-state index is 0.0534. The topological polar surface area (TPSA) is 41.1 Å². The van der Waals surface area contributed by atoms with Crippen molar-refractivity contribution < 1.29 is 4.79 Å². The molecule has 0 bridgehead atoms. The maximum Gasteiger partial charge on any atom is 0.253 e. The fourth-order valence-corrected chi connectivity index (χ4v) is 3.77. The molecule has 0 spiro atoms. The van der Waals surface area contributed by atoms with Crippen molar-refractivity contribution in [1.29, 1.82) is 0 Å². The average Bonchev–Trinajstić information content (AvgIpc) is 2.48. The van der Waals surface area contributed by atoms with Crippen molar-refractivity contribution in [2.24, 2.45) is 0 Å². The smallest absolute Gasteiger partial charge is 0.253 e. The Morgan fingerprint density at radius 1 is 1.38 bits per heavy atom. The van der Waals surface area contributed by atoms with Gasteiger partial charge >= 0.3 is 0 Å². The van der Waals surface area contributed by atoms with Crippen LogP contribution in [0.4, 0.5) is 5.69 Å². The molecular weight excluding hydrogens is 280 g/mol. The second kappa shape index (κ2) is 7.74. The lowest BCUT2D eigenvalue weighted by molar-refractivity contribution is 0.0929. The number of rotatable bonds is 5. The minimum Gasteiger partial charge on any atom is -0.385 e. The summed E-state index contributed by atoms with van der Waals surface area (Å²) in [6.45, 7) is 4.92. The van der Waals surface area contributed by atoms with E-state index in [9.17, 15) is 4.79 Å². The third kappa shape index (κ3) is 4.40. The molecule has 2 unspecified atom stereocenters. The van der Waals surface area contributed by atoms with E-state index in [0.717, 1.165) is 30.6 Å². The molecule has 116 valence electrons. The van der Waals surface area contributed by atoms with Gasteiger partial charge in [0.1, 0.15) is 0 Å². The second-order valence-electron chi connectivity index (χ2n) is 5.77. The molecule has 0 radical (unpaired) electrons. The van der Waals surface area contributed by atoms with Gasteiger partial charge in [-0.15, -0.1) is 0 Å². The van der Waals surface area contributed by atoms with Crippen LogP contribution in [0.15, 0.2) is 18.2 Å². The summed E-state index contributed by atoms with van der Waals surface area (Å²) in [5.41, 5.74) is 2.86. The number of aryl methyl sites for hydroxylation is 1. The van der Waals surface area contributed by atoms with E-state index in [0.29, 0.717) is 11.3 Å². The Morgan fingerprint density at radius 3 is 2.90 bits per heavy atom. The predicted octanol–water partition coefficient (Wildman–Crippen LogP) is 3.83. The number of anilines is 1. The number of carbonyl (C=O) groups is 1. The Morgan fingerprint density at radius 2 is 2.19 bits per heavy atom. The van der Waals surface area contributed by atoms with Gasteiger partial charge in [-0.2, -0.15) is 11.8 Å². The van der Waals surface area contributed by atoms with E-state index in [1.54, 1.807) is 0 Å². The molecule has 4 heteroatoms. The van der Waals surface area contributed by atoms with E-state index >= 15 is 0 Å². The monoisotopic (exact) mass is 306 g/mol. The van der Waals surface area contributed by atoms with E-state index in [1.165, 1.54) is 18.4 Å². The standard InChI is InChI=1S/C17H26N2OS/c1-4-18-16-10-12(2)8-9-15(16)17(20)19-13-6-5-7-14(11-13)21-3/h8-10,13-14,18H,4-7,11H2,1-3H3,(H,19,20). The third-order valence-corrected chi connectivity index (χ3v) is 5.18. The van der Waals surface area contributed by atoms with E-state index in [1.807, 2.05) is 43.8 Å². The van der Waals surface area contributed by atoms with Crippen molar-refractivity contribution in [1.82, 2.24) is 5.32 Å². The number of hydrogen-bond acceptors (Lipinski definition) is 3. The highest BCUT2D eigenvalue weighted by Gasteiger charge is 2.23. The van der Waals surface area contributed by atoms with Crippen LogP contribution in [-0.2, 0) is 0 Å². The molecule has 0 aliphatic heterocycles. The molecule has 1 amide bonds. The van der Waals surface area contributed by atoms with E-state index in [-0.39, 0.29) is 5.91 Å². The van der Waals surface area contributed by atoms with Crippen LogP contribution >= 0.6 is 11.8 Å². The summed E-state index contributed by atoms with van der Waals surface area (Å²) < 4.78 is 0. The van der Waals surface area contributed by atoms with Gasteiger partial charge in [-0.25, -0.2) is 0 Å². The summed E-state index contributed by atoms with van der Waals surface area (Å²) in [5.74, 6) is 0.0534. The molecule has 1 aromatic carbocycles. The van der Waals surface area contributed by atoms with Gasteiger partial charge in [0.15, 0.2) is 0 Å². The van der Waals surface area contributed by atoms with E-state index in [4.69, 9.17) is 0 Å². The molecule has 2 rings (SSSR count). The first-order valence-electron chi connectivity index (χ1n) is 7.82. The maximum absolute atomic E-state index is 12.6. The predicted molar refractivity (Wildman–Crippen MR) is 92.4 cm³/mol. The van der Waals surface area contributed by atoms with Gasteiger partial charge in [0.2, 0.25) is 0 Å². The first-order valence-corrected chi connectivity index (χ1v) is 9.11. The van der Waals surface area contributed by atoms with Crippen LogP contribution in [0.1, 0.15) is 48.5 Å². The molecule has 1 aliphatic carbocycles. The average molecular weight is 306 g/mol. The highest BCUT2D eigenvalue weighted by molar-refractivity contribution is 7.99. The van der Waals surface area contributed by atoms with Gasteiger partial charge in [-0.3, -0.25) is 4.79 Å². The Balaban J connectivity index is 2.06. The van der Waals surface area contributed by atoms with Gasteiger partial charge in [0, 0.05) is 23.5 Å². The summed E-state index contributed by atoms with van der Waals surface area (Å²) >= 11 is 1.92. The van der Waals surface area contributed by atoms with Gasteiger partial charge in [0.05, 0.1) is 5.56 Å². The van der Waals surface area contributed by atoms with Crippen molar-refractivity contribution in [3.05, 3.63) is 29.3 Å². The van der Waals surface area contributed by atoms with Gasteiger partial charge in [0.25, 0.3) is 5.91 Å². The molecule has 1 fully saturated rings. The summed E-state index contributed by atoms with van der Waals surface area (Å²) in [5, 5.41) is 7.21. The van der Waals surface area contributed by atoms with Crippen molar-refractivity contribution in [3.63, 3.8) is 0 Å². The summed E-state index contributed by atoms with van der Waals surface area (Å²) in [6.07, 6.45) is 6.85. The number of benzene rings is 1. The van der Waals surface area contributed by atoms with E-state index < -0.39 is 0 Å². The number of amides is 1. The lowest BCUT2D eigenvalue weighted by Crippen LogP contribution is -2.39. The molecule has 2 atom stereocenters. The fraction of sp³-hybridized carbons (Fsp3) is 0.588. The largest absolute Gasteiger partial charge is 0.385 e. The summed E-state index contributed by atoms with van der Waals surface area (Å²) in [7, 11) is 0. The molecule has 0 saturated heterocycles. The number of hydrogen-bond donors (Lipinski definition) is 2. The van der Waals surface area contributed by atoms with Crippen LogP contribution < -0.4 is 10.6 Å². The summed E-state index contributed by atoms with van der Waals surface area (Å²) in [6, 6.07) is 6.29. The highest BCUT2D eigenvalue weighted by Crippen LogP contribution is 2.27. The van der Waals surface area contributed by atoms with Crippen LogP contribution in [0.2, 0.25) is 0 Å². The van der Waals surface area contributed by atoms with Gasteiger partial charge in [-0.1, -0.05) is 12.5 Å². The molecule has 1 aromatic rings. The second-order valence-corrected chi connectivity index (χ2v) is 6.91. The van der Waals surface area contributed by atoms with Crippen molar-refractivity contribution in [2.75, 3.05) is 18.1 Å². The summed E-state index contributed by atoms with van der Waals surface area (Å²) in [4.78, 5) is 12.6. The van der Waals surface area contributed by atoms with Crippen molar-refractivity contribution >= 4 is 23.4 Å². The third-order valence-electron chi connectivity index (χ3n) is 4.08. The lowest BCUT2D eigenvalue weighted by atomic mass is 9.94. The fourth-order valence-electron chi connectivity index (χ4n) is 2.95. The Kier molecular flexibility index (Phi) is 5.97. The quantitative estimate of drug-likeness (QED) is 0.868. The molecule has 1 saturated carbocycles. The normalized spacial score (nSPS) is 21.9. The van der Waals surface area contributed by atoms with E-state index in [2.05, 4.69) is 16.9 Å². The Labute approximate surface area is 132 Å². The first kappa shape index (κ1) is 16.2. The SMILES string of the molecule is CCNc1cc(C)ccc1C(=O)NC1CCCC(SC)C1. The molecule has 1 aliphatic rings. The van der Waals surface area contributed by atoms with Crippen LogP contribution in [0.25, 0.3) is 0 Å². The number of thioether (sulfide) groups is 1. The van der Waals surface area contributed by atoms with Gasteiger partial charge < -0.3 is 10.6 Å². The zero-order chi connectivity index (χ0) is 15.2. The minimum absolute atomic E-state index is 0.0534. The van der Waals surface area contributed by atoms with Crippen molar-refractivity contribution in [3.8, 4) is 0 Å². The zero-order valence-corrected chi connectivity index (χ0v) is 14.1. The highest BCUT2D eigenvalue weighted by atomic mass is 32.2. The van der Waals surface area contributed by atoms with Crippen LogP contribution in [-0.4, -0.2) is 30.0 Å². The number of carbonyl (C=O) groups excluding carboxylic acids is 1. The molecule has 0 heterocycles. The molecular formula is C17H26N2OS. The molecule has 2 N–H and O–H groups in total. The number of nitrogens with one attached hydrogen (secondary N) is 2. The van der Waals surface area contributed by atoms with Gasteiger partial charge in [-0.05, 0) is 57.1 Å². The maximum atomic E-state index is 12.6. The molecule has 0 aromatic heterocycles. The Bertz CT molecular complexity index is 490. The zero-order valence-electron chi connectivity index (χ0n) is 13.2. The molecule has 3 nitrogen and oxygen atoms in total. The van der Waals surface area contributed by atoms with Crippen molar-refractivity contribution in [2.45, 2.75) is 50.8 Å². The Hall–Kier alpha value is -1.16.